The molecular formula is C9H10O2. The number of carbonyl (C=O) groups is 1. The first-order chi connectivity index (χ1) is 5.20. The van der Waals surface area contributed by atoms with Crippen LogP contribution in [0.15, 0.2) is 35.5 Å². The number of carboxylic acids is 1. The second-order valence-electron chi connectivity index (χ2n) is 2.49. The van der Waals surface area contributed by atoms with E-state index >= 15 is 0 Å². The zero-order valence-electron chi connectivity index (χ0n) is 6.37. The summed E-state index contributed by atoms with van der Waals surface area (Å²) in [5.74, 6) is -0.879. The highest BCUT2D eigenvalue weighted by molar-refractivity contribution is 5.81. The average molecular weight is 150 g/mol. The summed E-state index contributed by atoms with van der Waals surface area (Å²) in [6.45, 7) is 1.81. The first kappa shape index (κ1) is 7.79. The lowest BCUT2D eigenvalue weighted by molar-refractivity contribution is -0.131. The summed E-state index contributed by atoms with van der Waals surface area (Å²) >= 11 is 0. The molecule has 2 nitrogen and oxygen atoms in total. The molecule has 1 N–H and O–H groups in total. The predicted molar refractivity (Wildman–Crippen MR) is 43.2 cm³/mol. The minimum Gasteiger partial charge on any atom is -0.478 e. The molecule has 0 aromatic carbocycles. The van der Waals surface area contributed by atoms with Crippen molar-refractivity contribution in [3.63, 3.8) is 0 Å². The van der Waals surface area contributed by atoms with E-state index in [1.165, 1.54) is 6.08 Å². The quantitative estimate of drug-likeness (QED) is 0.610. The summed E-state index contributed by atoms with van der Waals surface area (Å²) in [6, 6.07) is 0. The molecule has 0 heterocycles. The van der Waals surface area contributed by atoms with Crippen molar-refractivity contribution >= 4 is 5.97 Å². The lowest BCUT2D eigenvalue weighted by Crippen LogP contribution is -1.91. The van der Waals surface area contributed by atoms with Crippen molar-refractivity contribution in [3.05, 3.63) is 35.5 Å². The number of carboxylic acid groups (broad SMARTS) is 1. The van der Waals surface area contributed by atoms with Gasteiger partial charge in [0.05, 0.1) is 0 Å². The van der Waals surface area contributed by atoms with E-state index in [0.717, 1.165) is 17.6 Å². The van der Waals surface area contributed by atoms with Gasteiger partial charge in [-0.05, 0) is 24.5 Å². The monoisotopic (exact) mass is 150 g/mol. The van der Waals surface area contributed by atoms with Gasteiger partial charge in [0.15, 0.2) is 0 Å². The van der Waals surface area contributed by atoms with Gasteiger partial charge in [-0.2, -0.15) is 0 Å². The first-order valence-corrected chi connectivity index (χ1v) is 3.47. The highest BCUT2D eigenvalue weighted by Gasteiger charge is 2.02. The summed E-state index contributed by atoms with van der Waals surface area (Å²) in [5, 5.41) is 8.42. The molecule has 0 atom stereocenters. The molecule has 0 amide bonds. The van der Waals surface area contributed by atoms with Crippen molar-refractivity contribution in [2.24, 2.45) is 0 Å². The third kappa shape index (κ3) is 2.08. The molecular weight excluding hydrogens is 140 g/mol. The standard InChI is InChI=1S/C9H10O2/c1-7(6-9(10)11)8-4-2-3-5-8/h2-4,6H,5H2,1H3,(H,10,11)/b7-6+. The maximum atomic E-state index is 10.2. The van der Waals surface area contributed by atoms with Gasteiger partial charge in [0, 0.05) is 6.08 Å². The summed E-state index contributed by atoms with van der Waals surface area (Å²) in [5.41, 5.74) is 1.93. The summed E-state index contributed by atoms with van der Waals surface area (Å²) in [7, 11) is 0. The van der Waals surface area contributed by atoms with Crippen LogP contribution < -0.4 is 0 Å². The van der Waals surface area contributed by atoms with Crippen LogP contribution in [0.4, 0.5) is 0 Å². The number of aliphatic carboxylic acids is 1. The highest BCUT2D eigenvalue weighted by Crippen LogP contribution is 2.18. The van der Waals surface area contributed by atoms with Gasteiger partial charge in [0.25, 0.3) is 0 Å². The van der Waals surface area contributed by atoms with Gasteiger partial charge < -0.3 is 5.11 Å². The van der Waals surface area contributed by atoms with Crippen molar-refractivity contribution in [1.82, 2.24) is 0 Å². The molecule has 58 valence electrons. The second-order valence-corrected chi connectivity index (χ2v) is 2.49. The van der Waals surface area contributed by atoms with E-state index in [1.807, 2.05) is 25.2 Å². The highest BCUT2D eigenvalue weighted by atomic mass is 16.4. The Hall–Kier alpha value is -1.31. The molecule has 0 aromatic heterocycles. The fourth-order valence-corrected chi connectivity index (χ4v) is 1.02. The number of rotatable bonds is 2. The van der Waals surface area contributed by atoms with E-state index in [1.54, 1.807) is 0 Å². The van der Waals surface area contributed by atoms with E-state index in [-0.39, 0.29) is 0 Å². The molecule has 0 saturated carbocycles. The van der Waals surface area contributed by atoms with Crippen LogP contribution in [0.3, 0.4) is 0 Å². The molecule has 0 aliphatic heterocycles. The van der Waals surface area contributed by atoms with E-state index in [9.17, 15) is 4.79 Å². The van der Waals surface area contributed by atoms with Crippen LogP contribution in [0, 0.1) is 0 Å². The van der Waals surface area contributed by atoms with Crippen LogP contribution in [-0.4, -0.2) is 11.1 Å². The van der Waals surface area contributed by atoms with E-state index < -0.39 is 5.97 Å². The van der Waals surface area contributed by atoms with E-state index in [2.05, 4.69) is 0 Å². The zero-order chi connectivity index (χ0) is 8.27. The lowest BCUT2D eigenvalue weighted by Gasteiger charge is -1.98. The van der Waals surface area contributed by atoms with Crippen molar-refractivity contribution < 1.29 is 9.90 Å². The zero-order valence-corrected chi connectivity index (χ0v) is 6.37. The van der Waals surface area contributed by atoms with Gasteiger partial charge in [-0.3, -0.25) is 0 Å². The van der Waals surface area contributed by atoms with Gasteiger partial charge in [-0.15, -0.1) is 0 Å². The Bertz CT molecular complexity index is 257. The second kappa shape index (κ2) is 3.19. The number of hydrogen-bond acceptors (Lipinski definition) is 1. The molecule has 0 bridgehead atoms. The average Bonchev–Trinajstić information content (AvgIpc) is 2.35. The van der Waals surface area contributed by atoms with Crippen LogP contribution in [0.2, 0.25) is 0 Å². The van der Waals surface area contributed by atoms with E-state index in [0.29, 0.717) is 0 Å². The van der Waals surface area contributed by atoms with Crippen LogP contribution >= 0.6 is 0 Å². The van der Waals surface area contributed by atoms with Crippen LogP contribution in [0.25, 0.3) is 0 Å². The first-order valence-electron chi connectivity index (χ1n) is 3.47. The van der Waals surface area contributed by atoms with Crippen molar-refractivity contribution in [1.29, 1.82) is 0 Å². The van der Waals surface area contributed by atoms with E-state index in [4.69, 9.17) is 5.11 Å². The SMILES string of the molecule is C/C(=C\C(=O)O)C1=CC=CC1. The summed E-state index contributed by atoms with van der Waals surface area (Å²) < 4.78 is 0. The Morgan fingerprint density at radius 2 is 2.45 bits per heavy atom. The topological polar surface area (TPSA) is 37.3 Å². The Morgan fingerprint density at radius 3 is 2.91 bits per heavy atom. The van der Waals surface area contributed by atoms with Gasteiger partial charge in [0.1, 0.15) is 0 Å². The maximum Gasteiger partial charge on any atom is 0.328 e. The molecule has 0 aromatic rings. The normalized spacial score (nSPS) is 16.8. The minimum atomic E-state index is -0.879. The van der Waals surface area contributed by atoms with Crippen LogP contribution in [0.1, 0.15) is 13.3 Å². The van der Waals surface area contributed by atoms with Gasteiger partial charge in [-0.25, -0.2) is 4.79 Å². The van der Waals surface area contributed by atoms with Crippen LogP contribution in [0.5, 0.6) is 0 Å². The lowest BCUT2D eigenvalue weighted by atomic mass is 10.1. The number of hydrogen-bond donors (Lipinski definition) is 1. The molecule has 1 rings (SSSR count). The Labute approximate surface area is 65.5 Å². The minimum absolute atomic E-state index is 0.836. The smallest absolute Gasteiger partial charge is 0.328 e. The van der Waals surface area contributed by atoms with Crippen molar-refractivity contribution in [2.75, 3.05) is 0 Å². The Morgan fingerprint density at radius 1 is 1.73 bits per heavy atom. The molecule has 0 fully saturated rings. The third-order valence-corrected chi connectivity index (χ3v) is 1.62. The maximum absolute atomic E-state index is 10.2. The molecule has 0 radical (unpaired) electrons. The molecule has 0 spiro atoms. The van der Waals surface area contributed by atoms with Gasteiger partial charge in [0.2, 0.25) is 0 Å². The molecule has 0 unspecified atom stereocenters. The fraction of sp³-hybridized carbons (Fsp3) is 0.222. The largest absolute Gasteiger partial charge is 0.478 e. The van der Waals surface area contributed by atoms with Crippen molar-refractivity contribution in [3.8, 4) is 0 Å². The predicted octanol–water partition coefficient (Wildman–Crippen LogP) is 1.90. The summed E-state index contributed by atoms with van der Waals surface area (Å²) in [4.78, 5) is 10.2. The molecule has 0 saturated heterocycles. The molecule has 1 aliphatic carbocycles. The van der Waals surface area contributed by atoms with Crippen LogP contribution in [-0.2, 0) is 4.79 Å². The molecule has 11 heavy (non-hydrogen) atoms. The summed E-state index contributed by atoms with van der Waals surface area (Å²) in [6.07, 6.45) is 7.98. The van der Waals surface area contributed by atoms with Crippen molar-refractivity contribution in [2.45, 2.75) is 13.3 Å². The molecule has 2 heteroatoms. The van der Waals surface area contributed by atoms with Gasteiger partial charge >= 0.3 is 5.97 Å². The van der Waals surface area contributed by atoms with Gasteiger partial charge in [-0.1, -0.05) is 18.2 Å². The Balaban J connectivity index is 2.69. The third-order valence-electron chi connectivity index (χ3n) is 1.62. The number of allylic oxidation sites excluding steroid dienone is 5. The fourth-order valence-electron chi connectivity index (χ4n) is 1.02. The Kier molecular flexibility index (Phi) is 2.26. The molecule has 1 aliphatic rings.